The van der Waals surface area contributed by atoms with Crippen LogP contribution in [0.5, 0.6) is 0 Å². The van der Waals surface area contributed by atoms with Gasteiger partial charge in [-0.2, -0.15) is 0 Å². The molecule has 6 heteroatoms. The van der Waals surface area contributed by atoms with Gasteiger partial charge in [0.1, 0.15) is 5.69 Å². The van der Waals surface area contributed by atoms with E-state index in [9.17, 15) is 9.59 Å². The highest BCUT2D eigenvalue weighted by Gasteiger charge is 2.24. The Hall–Kier alpha value is -1.43. The highest BCUT2D eigenvalue weighted by atomic mass is 32.1. The standard InChI is InChI=1S/C11H15N3O2S/c1-8-12-10(7-17-8)11(16)14-5-3-13(4-6-14)9(2)15/h7H,3-6H2,1-2H3. The van der Waals surface area contributed by atoms with Crippen LogP contribution in [-0.2, 0) is 4.79 Å². The molecular weight excluding hydrogens is 238 g/mol. The van der Waals surface area contributed by atoms with Crippen molar-refractivity contribution in [2.75, 3.05) is 26.2 Å². The van der Waals surface area contributed by atoms with E-state index in [4.69, 9.17) is 0 Å². The number of aromatic nitrogens is 1. The molecule has 2 amide bonds. The number of hydrogen-bond donors (Lipinski definition) is 0. The molecule has 1 aliphatic heterocycles. The van der Waals surface area contributed by atoms with Crippen molar-refractivity contribution < 1.29 is 9.59 Å². The molecule has 0 aliphatic carbocycles. The van der Waals surface area contributed by atoms with Crippen molar-refractivity contribution in [2.45, 2.75) is 13.8 Å². The quantitative estimate of drug-likeness (QED) is 0.742. The Kier molecular flexibility index (Phi) is 3.42. The van der Waals surface area contributed by atoms with E-state index in [-0.39, 0.29) is 11.8 Å². The summed E-state index contributed by atoms with van der Waals surface area (Å²) in [5.41, 5.74) is 0.517. The monoisotopic (exact) mass is 253 g/mol. The molecule has 2 rings (SSSR count). The Balaban J connectivity index is 1.97. The third-order valence-electron chi connectivity index (χ3n) is 2.85. The third-order valence-corrected chi connectivity index (χ3v) is 3.62. The lowest BCUT2D eigenvalue weighted by Crippen LogP contribution is -2.50. The van der Waals surface area contributed by atoms with E-state index >= 15 is 0 Å². The largest absolute Gasteiger partial charge is 0.339 e. The summed E-state index contributed by atoms with van der Waals surface area (Å²) >= 11 is 1.48. The second-order valence-corrected chi connectivity index (χ2v) is 5.11. The van der Waals surface area contributed by atoms with Gasteiger partial charge in [-0.15, -0.1) is 11.3 Å². The maximum atomic E-state index is 12.1. The fraction of sp³-hybridized carbons (Fsp3) is 0.545. The molecule has 2 heterocycles. The molecule has 0 radical (unpaired) electrons. The number of hydrogen-bond acceptors (Lipinski definition) is 4. The summed E-state index contributed by atoms with van der Waals surface area (Å²) in [6.45, 7) is 5.86. The summed E-state index contributed by atoms with van der Waals surface area (Å²) in [5.74, 6) is 0.0409. The summed E-state index contributed by atoms with van der Waals surface area (Å²) in [7, 11) is 0. The second kappa shape index (κ2) is 4.83. The zero-order valence-electron chi connectivity index (χ0n) is 9.97. The van der Waals surface area contributed by atoms with E-state index in [0.29, 0.717) is 31.9 Å². The van der Waals surface area contributed by atoms with Crippen molar-refractivity contribution >= 4 is 23.2 Å². The predicted molar refractivity (Wildman–Crippen MR) is 65.0 cm³/mol. The average Bonchev–Trinajstić information content (AvgIpc) is 2.75. The molecule has 0 N–H and O–H groups in total. The van der Waals surface area contributed by atoms with Gasteiger partial charge >= 0.3 is 0 Å². The number of aryl methyl sites for hydroxylation is 1. The Morgan fingerprint density at radius 1 is 1.24 bits per heavy atom. The molecule has 1 saturated heterocycles. The van der Waals surface area contributed by atoms with Gasteiger partial charge in [0, 0.05) is 38.5 Å². The van der Waals surface area contributed by atoms with Crippen LogP contribution in [0.1, 0.15) is 22.4 Å². The topological polar surface area (TPSA) is 53.5 Å². The van der Waals surface area contributed by atoms with Crippen LogP contribution >= 0.6 is 11.3 Å². The highest BCUT2D eigenvalue weighted by molar-refractivity contribution is 7.09. The van der Waals surface area contributed by atoms with Gasteiger partial charge in [-0.3, -0.25) is 9.59 Å². The molecule has 0 spiro atoms. The lowest BCUT2D eigenvalue weighted by atomic mass is 10.3. The van der Waals surface area contributed by atoms with Gasteiger partial charge in [0.25, 0.3) is 5.91 Å². The van der Waals surface area contributed by atoms with Crippen LogP contribution in [0.15, 0.2) is 5.38 Å². The number of carbonyl (C=O) groups is 2. The van der Waals surface area contributed by atoms with Crippen molar-refractivity contribution in [1.82, 2.24) is 14.8 Å². The van der Waals surface area contributed by atoms with E-state index in [0.717, 1.165) is 5.01 Å². The normalized spacial score (nSPS) is 16.1. The van der Waals surface area contributed by atoms with E-state index in [1.165, 1.54) is 11.3 Å². The molecular formula is C11H15N3O2S. The summed E-state index contributed by atoms with van der Waals surface area (Å²) in [4.78, 5) is 30.9. The number of rotatable bonds is 1. The Morgan fingerprint density at radius 3 is 2.29 bits per heavy atom. The molecule has 92 valence electrons. The van der Waals surface area contributed by atoms with Gasteiger partial charge in [0.05, 0.1) is 5.01 Å². The van der Waals surface area contributed by atoms with E-state index in [2.05, 4.69) is 4.98 Å². The fourth-order valence-corrected chi connectivity index (χ4v) is 2.43. The molecule has 0 bridgehead atoms. The lowest BCUT2D eigenvalue weighted by molar-refractivity contribution is -0.130. The number of amides is 2. The maximum absolute atomic E-state index is 12.1. The predicted octanol–water partition coefficient (Wildman–Crippen LogP) is 0.756. The van der Waals surface area contributed by atoms with Gasteiger partial charge in [-0.25, -0.2) is 4.98 Å². The lowest BCUT2D eigenvalue weighted by Gasteiger charge is -2.33. The summed E-state index contributed by atoms with van der Waals surface area (Å²) < 4.78 is 0. The number of nitrogens with zero attached hydrogens (tertiary/aromatic N) is 3. The van der Waals surface area contributed by atoms with Gasteiger partial charge in [-0.1, -0.05) is 0 Å². The van der Waals surface area contributed by atoms with Crippen molar-refractivity contribution in [3.63, 3.8) is 0 Å². The van der Waals surface area contributed by atoms with Crippen LogP contribution in [0.4, 0.5) is 0 Å². The molecule has 0 saturated carbocycles. The Labute approximate surface area is 104 Å². The molecule has 1 aromatic rings. The zero-order valence-corrected chi connectivity index (χ0v) is 10.8. The molecule has 1 aromatic heterocycles. The Morgan fingerprint density at radius 2 is 1.82 bits per heavy atom. The summed E-state index contributed by atoms with van der Waals surface area (Å²) in [5, 5.41) is 2.69. The molecule has 1 aliphatic rings. The molecule has 1 fully saturated rings. The first kappa shape index (κ1) is 12.0. The SMILES string of the molecule is CC(=O)N1CCN(C(=O)c2csc(C)n2)CC1. The maximum Gasteiger partial charge on any atom is 0.273 e. The van der Waals surface area contributed by atoms with Crippen molar-refractivity contribution in [1.29, 1.82) is 0 Å². The summed E-state index contributed by atoms with van der Waals surface area (Å²) in [6, 6.07) is 0. The van der Waals surface area contributed by atoms with Crippen LogP contribution in [0.25, 0.3) is 0 Å². The first-order chi connectivity index (χ1) is 8.08. The molecule has 5 nitrogen and oxygen atoms in total. The van der Waals surface area contributed by atoms with Gasteiger partial charge < -0.3 is 9.80 Å². The first-order valence-electron chi connectivity index (χ1n) is 5.55. The number of carbonyl (C=O) groups excluding carboxylic acids is 2. The zero-order chi connectivity index (χ0) is 12.4. The molecule has 0 unspecified atom stereocenters. The fourth-order valence-electron chi connectivity index (χ4n) is 1.85. The van der Waals surface area contributed by atoms with E-state index in [1.54, 1.807) is 22.1 Å². The van der Waals surface area contributed by atoms with Gasteiger partial charge in [0.2, 0.25) is 5.91 Å². The average molecular weight is 253 g/mol. The van der Waals surface area contributed by atoms with Gasteiger partial charge in [0.15, 0.2) is 0 Å². The summed E-state index contributed by atoms with van der Waals surface area (Å²) in [6.07, 6.45) is 0. The minimum absolute atomic E-state index is 0.0300. The van der Waals surface area contributed by atoms with Crippen molar-refractivity contribution in [2.24, 2.45) is 0 Å². The van der Waals surface area contributed by atoms with Crippen LogP contribution in [0, 0.1) is 6.92 Å². The van der Waals surface area contributed by atoms with Crippen LogP contribution < -0.4 is 0 Å². The van der Waals surface area contributed by atoms with E-state index in [1.807, 2.05) is 6.92 Å². The smallest absolute Gasteiger partial charge is 0.273 e. The highest BCUT2D eigenvalue weighted by Crippen LogP contribution is 2.12. The molecule has 0 atom stereocenters. The van der Waals surface area contributed by atoms with Crippen LogP contribution in [0.3, 0.4) is 0 Å². The second-order valence-electron chi connectivity index (χ2n) is 4.05. The molecule has 0 aromatic carbocycles. The minimum Gasteiger partial charge on any atom is -0.339 e. The van der Waals surface area contributed by atoms with Crippen molar-refractivity contribution in [3.8, 4) is 0 Å². The number of piperazine rings is 1. The third kappa shape index (κ3) is 2.63. The number of thiazole rings is 1. The Bertz CT molecular complexity index is 436. The van der Waals surface area contributed by atoms with Crippen LogP contribution in [0.2, 0.25) is 0 Å². The molecule has 17 heavy (non-hydrogen) atoms. The minimum atomic E-state index is -0.0300. The van der Waals surface area contributed by atoms with Gasteiger partial charge in [-0.05, 0) is 6.92 Å². The first-order valence-corrected chi connectivity index (χ1v) is 6.43. The van der Waals surface area contributed by atoms with Crippen LogP contribution in [-0.4, -0.2) is 52.8 Å². The van der Waals surface area contributed by atoms with E-state index < -0.39 is 0 Å². The van der Waals surface area contributed by atoms with Crippen molar-refractivity contribution in [3.05, 3.63) is 16.1 Å².